The molecule has 0 fully saturated rings. The number of carbonyl (C=O) groups is 1. The first kappa shape index (κ1) is 18.4. The summed E-state index contributed by atoms with van der Waals surface area (Å²) in [6.45, 7) is -1.37. The number of hydrogen-bond donors (Lipinski definition) is 1. The molecule has 0 spiro atoms. The van der Waals surface area contributed by atoms with Gasteiger partial charge in [-0.05, 0) is 23.8 Å². The van der Waals surface area contributed by atoms with Crippen LogP contribution in [0, 0.1) is 0 Å². The van der Waals surface area contributed by atoms with Gasteiger partial charge in [-0.25, -0.2) is 4.98 Å². The lowest BCUT2D eigenvalue weighted by molar-refractivity contribution is -0.154. The largest absolute Gasteiger partial charge is 0.468 e. The first-order chi connectivity index (χ1) is 11.3. The molecule has 128 valence electrons. The molecule has 0 aliphatic carbocycles. The van der Waals surface area contributed by atoms with Crippen molar-refractivity contribution in [2.45, 2.75) is 12.7 Å². The van der Waals surface area contributed by atoms with Crippen molar-refractivity contribution >= 4 is 29.1 Å². The molecule has 0 aliphatic heterocycles. The number of rotatable bonds is 5. The summed E-state index contributed by atoms with van der Waals surface area (Å²) in [5.41, 5.74) is 0.723. The molecule has 2 aromatic rings. The van der Waals surface area contributed by atoms with Gasteiger partial charge in [0, 0.05) is 18.8 Å². The zero-order chi connectivity index (χ0) is 17.7. The van der Waals surface area contributed by atoms with Gasteiger partial charge in [0.25, 0.3) is 5.91 Å². The number of hydrogen-bond acceptors (Lipinski definition) is 3. The quantitative estimate of drug-likeness (QED) is 0.845. The number of alkyl halides is 3. The maximum Gasteiger partial charge on any atom is 0.422 e. The minimum atomic E-state index is -4.45. The Kier molecular flexibility index (Phi) is 5.90. The van der Waals surface area contributed by atoms with Crippen LogP contribution >= 0.6 is 23.2 Å². The Hall–Kier alpha value is -1.99. The number of ether oxygens (including phenoxy) is 1. The summed E-state index contributed by atoms with van der Waals surface area (Å²) in [6.07, 6.45) is -3.16. The number of nitrogens with one attached hydrogen (secondary N) is 1. The van der Waals surface area contributed by atoms with Gasteiger partial charge in [0.15, 0.2) is 6.61 Å². The van der Waals surface area contributed by atoms with Crippen LogP contribution in [0.4, 0.5) is 13.2 Å². The van der Waals surface area contributed by atoms with E-state index >= 15 is 0 Å². The van der Waals surface area contributed by atoms with Gasteiger partial charge >= 0.3 is 6.18 Å². The standard InChI is InChI=1S/C15H11Cl2F3N2O2/c16-11-3-1-2-10(13(11)17)14(23)22-7-9-4-5-21-12(6-9)24-8-15(18,19)20/h1-6H,7-8H2,(H,22,23). The molecule has 9 heteroatoms. The van der Waals surface area contributed by atoms with E-state index in [1.54, 1.807) is 18.2 Å². The molecule has 0 unspecified atom stereocenters. The van der Waals surface area contributed by atoms with Crippen LogP contribution < -0.4 is 10.1 Å². The monoisotopic (exact) mass is 378 g/mol. The molecule has 1 N–H and O–H groups in total. The average Bonchev–Trinajstić information content (AvgIpc) is 2.53. The predicted octanol–water partition coefficient (Wildman–Crippen LogP) is 4.26. The highest BCUT2D eigenvalue weighted by Gasteiger charge is 2.28. The second-order valence-electron chi connectivity index (χ2n) is 4.69. The van der Waals surface area contributed by atoms with Crippen LogP contribution in [0.5, 0.6) is 5.88 Å². The molecule has 0 saturated carbocycles. The topological polar surface area (TPSA) is 51.2 Å². The van der Waals surface area contributed by atoms with Gasteiger partial charge in [-0.1, -0.05) is 29.3 Å². The van der Waals surface area contributed by atoms with Gasteiger partial charge in [0.1, 0.15) is 0 Å². The number of amides is 1. The Labute approximate surface area is 145 Å². The van der Waals surface area contributed by atoms with E-state index in [-0.39, 0.29) is 28.0 Å². The maximum atomic E-state index is 12.1. The Bertz CT molecular complexity index is 739. The first-order valence-corrected chi connectivity index (χ1v) is 7.38. The summed E-state index contributed by atoms with van der Waals surface area (Å²) in [6, 6.07) is 7.49. The molecule has 0 atom stereocenters. The number of nitrogens with zero attached hydrogens (tertiary/aromatic N) is 1. The van der Waals surface area contributed by atoms with Crippen molar-refractivity contribution in [3.8, 4) is 5.88 Å². The molecule has 2 rings (SSSR count). The van der Waals surface area contributed by atoms with Crippen LogP contribution in [-0.4, -0.2) is 23.7 Å². The lowest BCUT2D eigenvalue weighted by Crippen LogP contribution is -2.23. The van der Waals surface area contributed by atoms with Crippen LogP contribution in [0.25, 0.3) is 0 Å². The number of aromatic nitrogens is 1. The minimum absolute atomic E-state index is 0.0621. The summed E-state index contributed by atoms with van der Waals surface area (Å²) in [5, 5.41) is 2.97. The second-order valence-corrected chi connectivity index (χ2v) is 5.48. The Morgan fingerprint density at radius 1 is 1.25 bits per heavy atom. The summed E-state index contributed by atoms with van der Waals surface area (Å²) < 4.78 is 40.9. The van der Waals surface area contributed by atoms with E-state index in [9.17, 15) is 18.0 Å². The van der Waals surface area contributed by atoms with Crippen molar-refractivity contribution in [2.75, 3.05) is 6.61 Å². The van der Waals surface area contributed by atoms with E-state index in [1.807, 2.05) is 0 Å². The van der Waals surface area contributed by atoms with Gasteiger partial charge in [-0.15, -0.1) is 0 Å². The van der Waals surface area contributed by atoms with Crippen molar-refractivity contribution in [1.82, 2.24) is 10.3 Å². The first-order valence-electron chi connectivity index (χ1n) is 6.63. The lowest BCUT2D eigenvalue weighted by atomic mass is 10.2. The molecule has 24 heavy (non-hydrogen) atoms. The zero-order valence-electron chi connectivity index (χ0n) is 12.0. The van der Waals surface area contributed by atoms with Gasteiger partial charge in [-0.2, -0.15) is 13.2 Å². The molecular formula is C15H11Cl2F3N2O2. The molecular weight excluding hydrogens is 368 g/mol. The highest BCUT2D eigenvalue weighted by Crippen LogP contribution is 2.25. The molecule has 0 saturated heterocycles. The van der Waals surface area contributed by atoms with Crippen LogP contribution in [0.15, 0.2) is 36.5 Å². The molecule has 0 aliphatic rings. The summed E-state index contributed by atoms with van der Waals surface area (Å²) in [4.78, 5) is 15.8. The fraction of sp³-hybridized carbons (Fsp3) is 0.200. The number of carbonyl (C=O) groups excluding carboxylic acids is 1. The smallest absolute Gasteiger partial charge is 0.422 e. The number of halogens is 5. The number of pyridine rings is 1. The van der Waals surface area contributed by atoms with Crippen LogP contribution in [-0.2, 0) is 6.54 Å². The van der Waals surface area contributed by atoms with Crippen molar-refractivity contribution in [3.63, 3.8) is 0 Å². The third-order valence-corrected chi connectivity index (χ3v) is 3.65. The van der Waals surface area contributed by atoms with Crippen LogP contribution in [0.1, 0.15) is 15.9 Å². The Morgan fingerprint density at radius 3 is 2.71 bits per heavy atom. The molecule has 4 nitrogen and oxygen atoms in total. The maximum absolute atomic E-state index is 12.1. The summed E-state index contributed by atoms with van der Waals surface area (Å²) >= 11 is 11.8. The van der Waals surface area contributed by atoms with E-state index in [0.717, 1.165) is 0 Å². The van der Waals surface area contributed by atoms with E-state index in [1.165, 1.54) is 18.3 Å². The van der Waals surface area contributed by atoms with E-state index in [0.29, 0.717) is 5.56 Å². The van der Waals surface area contributed by atoms with Crippen molar-refractivity contribution in [3.05, 3.63) is 57.7 Å². The van der Waals surface area contributed by atoms with Crippen molar-refractivity contribution in [2.24, 2.45) is 0 Å². The van der Waals surface area contributed by atoms with Crippen LogP contribution in [0.2, 0.25) is 10.0 Å². The fourth-order valence-corrected chi connectivity index (χ4v) is 2.14. The van der Waals surface area contributed by atoms with Crippen LogP contribution in [0.3, 0.4) is 0 Å². The molecule has 1 heterocycles. The van der Waals surface area contributed by atoms with E-state index < -0.39 is 18.7 Å². The third kappa shape index (κ3) is 5.28. The van der Waals surface area contributed by atoms with E-state index in [2.05, 4.69) is 15.0 Å². The molecule has 1 aromatic heterocycles. The fourth-order valence-electron chi connectivity index (χ4n) is 1.75. The minimum Gasteiger partial charge on any atom is -0.468 e. The summed E-state index contributed by atoms with van der Waals surface area (Å²) in [7, 11) is 0. The Morgan fingerprint density at radius 2 is 2.00 bits per heavy atom. The summed E-state index contributed by atoms with van der Waals surface area (Å²) in [5.74, 6) is -0.642. The lowest BCUT2D eigenvalue weighted by Gasteiger charge is -2.10. The zero-order valence-corrected chi connectivity index (χ0v) is 13.5. The molecule has 1 amide bonds. The van der Waals surface area contributed by atoms with Gasteiger partial charge in [-0.3, -0.25) is 4.79 Å². The van der Waals surface area contributed by atoms with Gasteiger partial charge in [0.2, 0.25) is 5.88 Å². The molecule has 0 bridgehead atoms. The molecule has 1 aromatic carbocycles. The SMILES string of the molecule is O=C(NCc1ccnc(OCC(F)(F)F)c1)c1cccc(Cl)c1Cl. The highest BCUT2D eigenvalue weighted by molar-refractivity contribution is 6.43. The van der Waals surface area contributed by atoms with Crippen molar-refractivity contribution < 1.29 is 22.7 Å². The second kappa shape index (κ2) is 7.72. The number of benzene rings is 1. The normalized spacial score (nSPS) is 11.2. The van der Waals surface area contributed by atoms with E-state index in [4.69, 9.17) is 23.2 Å². The van der Waals surface area contributed by atoms with Gasteiger partial charge in [0.05, 0.1) is 15.6 Å². The third-order valence-electron chi connectivity index (χ3n) is 2.83. The highest BCUT2D eigenvalue weighted by atomic mass is 35.5. The predicted molar refractivity (Wildman–Crippen MR) is 83.4 cm³/mol. The van der Waals surface area contributed by atoms with Crippen molar-refractivity contribution in [1.29, 1.82) is 0 Å². The molecule has 0 radical (unpaired) electrons. The van der Waals surface area contributed by atoms with Gasteiger partial charge < -0.3 is 10.1 Å². The Balaban J connectivity index is 1.99. The average molecular weight is 379 g/mol.